The van der Waals surface area contributed by atoms with Crippen molar-refractivity contribution in [2.45, 2.75) is 13.8 Å². The number of esters is 2. The zero-order chi connectivity index (χ0) is 20.1. The summed E-state index contributed by atoms with van der Waals surface area (Å²) in [7, 11) is 0. The van der Waals surface area contributed by atoms with E-state index in [1.807, 2.05) is 25.1 Å². The minimum Gasteiger partial charge on any atom is -0.482 e. The van der Waals surface area contributed by atoms with Crippen molar-refractivity contribution in [1.82, 2.24) is 0 Å². The van der Waals surface area contributed by atoms with E-state index in [0.29, 0.717) is 17.9 Å². The fourth-order valence-corrected chi connectivity index (χ4v) is 2.75. The Hall–Kier alpha value is -2.93. The van der Waals surface area contributed by atoms with E-state index in [9.17, 15) is 9.59 Å². The van der Waals surface area contributed by atoms with Crippen LogP contribution in [0.15, 0.2) is 57.6 Å². The molecule has 28 heavy (non-hydrogen) atoms. The van der Waals surface area contributed by atoms with Crippen LogP contribution in [0.1, 0.15) is 23.6 Å². The van der Waals surface area contributed by atoms with Crippen molar-refractivity contribution >= 4 is 39.8 Å². The summed E-state index contributed by atoms with van der Waals surface area (Å²) >= 11 is 3.44. The average molecular weight is 444 g/mol. The van der Waals surface area contributed by atoms with Gasteiger partial charge < -0.3 is 14.2 Å². The Kier molecular flexibility index (Phi) is 6.26. The lowest BCUT2D eigenvalue weighted by Crippen LogP contribution is -2.14. The smallest absolute Gasteiger partial charge is 0.363 e. The normalized spacial score (nSPS) is 14.6. The van der Waals surface area contributed by atoms with Crippen LogP contribution in [0.2, 0.25) is 0 Å². The number of nitrogens with zero attached hydrogens (tertiary/aromatic N) is 1. The van der Waals surface area contributed by atoms with E-state index in [0.717, 1.165) is 15.6 Å². The summed E-state index contributed by atoms with van der Waals surface area (Å²) in [5.41, 5.74) is 2.63. The van der Waals surface area contributed by atoms with E-state index < -0.39 is 11.9 Å². The van der Waals surface area contributed by atoms with Crippen molar-refractivity contribution in [3.63, 3.8) is 0 Å². The van der Waals surface area contributed by atoms with Crippen LogP contribution in [0.5, 0.6) is 5.75 Å². The number of aryl methyl sites for hydroxylation is 1. The van der Waals surface area contributed by atoms with E-state index >= 15 is 0 Å². The van der Waals surface area contributed by atoms with Crippen molar-refractivity contribution in [1.29, 1.82) is 0 Å². The van der Waals surface area contributed by atoms with Crippen molar-refractivity contribution in [3.8, 4) is 5.75 Å². The number of carbonyl (C=O) groups is 2. The molecule has 1 heterocycles. The van der Waals surface area contributed by atoms with Crippen LogP contribution in [0.3, 0.4) is 0 Å². The second-order valence-corrected chi connectivity index (χ2v) is 6.82. The first-order valence-corrected chi connectivity index (χ1v) is 9.43. The Balaban J connectivity index is 1.78. The predicted octanol–water partition coefficient (Wildman–Crippen LogP) is 4.04. The first kappa shape index (κ1) is 19.8. The SMILES string of the molecule is CCOC(=O)COc1cccc(C=C2N=C(c3ccc(Br)c(C)c3)OC2=O)c1. The van der Waals surface area contributed by atoms with Gasteiger partial charge in [0, 0.05) is 10.0 Å². The highest BCUT2D eigenvalue weighted by Gasteiger charge is 2.24. The van der Waals surface area contributed by atoms with Gasteiger partial charge >= 0.3 is 11.9 Å². The van der Waals surface area contributed by atoms with Gasteiger partial charge in [-0.3, -0.25) is 0 Å². The molecule has 0 saturated carbocycles. The Labute approximate surface area is 171 Å². The maximum absolute atomic E-state index is 12.2. The first-order chi connectivity index (χ1) is 13.5. The largest absolute Gasteiger partial charge is 0.482 e. The molecule has 0 unspecified atom stereocenters. The second-order valence-electron chi connectivity index (χ2n) is 5.97. The number of benzene rings is 2. The Morgan fingerprint density at radius 3 is 2.82 bits per heavy atom. The summed E-state index contributed by atoms with van der Waals surface area (Å²) in [6, 6.07) is 12.6. The van der Waals surface area contributed by atoms with E-state index in [2.05, 4.69) is 20.9 Å². The molecule has 0 spiro atoms. The van der Waals surface area contributed by atoms with Crippen molar-refractivity contribution in [2.75, 3.05) is 13.2 Å². The van der Waals surface area contributed by atoms with Gasteiger partial charge in [-0.2, -0.15) is 0 Å². The number of rotatable bonds is 6. The molecule has 144 valence electrons. The summed E-state index contributed by atoms with van der Waals surface area (Å²) in [5.74, 6) is -0.207. The summed E-state index contributed by atoms with van der Waals surface area (Å²) in [4.78, 5) is 27.9. The van der Waals surface area contributed by atoms with Crippen LogP contribution < -0.4 is 4.74 Å². The molecule has 0 amide bonds. The topological polar surface area (TPSA) is 74.2 Å². The fraction of sp³-hybridized carbons (Fsp3) is 0.190. The molecule has 0 radical (unpaired) electrons. The third kappa shape index (κ3) is 4.86. The third-order valence-corrected chi connectivity index (χ3v) is 4.74. The summed E-state index contributed by atoms with van der Waals surface area (Å²) < 4.78 is 16.5. The van der Waals surface area contributed by atoms with E-state index in [1.165, 1.54) is 0 Å². The highest BCUT2D eigenvalue weighted by molar-refractivity contribution is 9.10. The monoisotopic (exact) mass is 443 g/mol. The maximum Gasteiger partial charge on any atom is 0.363 e. The number of aliphatic imine (C=N–C) groups is 1. The lowest BCUT2D eigenvalue weighted by atomic mass is 10.1. The number of ether oxygens (including phenoxy) is 3. The van der Waals surface area contributed by atoms with Gasteiger partial charge in [-0.15, -0.1) is 0 Å². The van der Waals surface area contributed by atoms with Gasteiger partial charge in [-0.05, 0) is 61.4 Å². The molecule has 0 aliphatic carbocycles. The molecule has 1 aliphatic rings. The molecule has 2 aromatic rings. The first-order valence-electron chi connectivity index (χ1n) is 8.64. The minimum atomic E-state index is -0.520. The Morgan fingerprint density at radius 2 is 2.07 bits per heavy atom. The van der Waals surface area contributed by atoms with Gasteiger partial charge in [0.25, 0.3) is 0 Å². The molecule has 0 aromatic heterocycles. The molecule has 7 heteroatoms. The van der Waals surface area contributed by atoms with Crippen LogP contribution in [0.4, 0.5) is 0 Å². The zero-order valence-corrected chi connectivity index (χ0v) is 17.0. The quantitative estimate of drug-likeness (QED) is 0.497. The molecule has 0 bridgehead atoms. The predicted molar refractivity (Wildman–Crippen MR) is 108 cm³/mol. The number of carbonyl (C=O) groups excluding carboxylic acids is 2. The maximum atomic E-state index is 12.2. The van der Waals surface area contributed by atoms with Gasteiger partial charge in [-0.25, -0.2) is 14.6 Å². The molecule has 6 nitrogen and oxygen atoms in total. The van der Waals surface area contributed by atoms with Gasteiger partial charge in [0.05, 0.1) is 6.61 Å². The lowest BCUT2D eigenvalue weighted by molar-refractivity contribution is -0.145. The standard InChI is InChI=1S/C21H18BrNO5/c1-3-26-19(24)12-27-16-6-4-5-14(10-16)11-18-21(25)28-20(23-18)15-7-8-17(22)13(2)9-15/h4-11H,3,12H2,1-2H3. The van der Waals surface area contributed by atoms with Crippen LogP contribution in [0.25, 0.3) is 6.08 Å². The molecule has 1 aliphatic heterocycles. The van der Waals surface area contributed by atoms with Gasteiger partial charge in [-0.1, -0.05) is 28.1 Å². The molecule has 0 N–H and O–H groups in total. The van der Waals surface area contributed by atoms with E-state index in [-0.39, 0.29) is 18.2 Å². The van der Waals surface area contributed by atoms with Gasteiger partial charge in [0.15, 0.2) is 12.3 Å². The summed E-state index contributed by atoms with van der Waals surface area (Å²) in [6.45, 7) is 3.80. The van der Waals surface area contributed by atoms with E-state index in [1.54, 1.807) is 37.3 Å². The molecule has 2 aromatic carbocycles. The third-order valence-electron chi connectivity index (χ3n) is 3.85. The average Bonchev–Trinajstić information content (AvgIpc) is 3.03. The van der Waals surface area contributed by atoms with E-state index in [4.69, 9.17) is 14.2 Å². The fourth-order valence-electron chi connectivity index (χ4n) is 2.51. The van der Waals surface area contributed by atoms with Crippen LogP contribution in [-0.4, -0.2) is 31.1 Å². The number of hydrogen-bond donors (Lipinski definition) is 0. The van der Waals surface area contributed by atoms with Crippen LogP contribution in [0, 0.1) is 6.92 Å². The van der Waals surface area contributed by atoms with Crippen molar-refractivity contribution in [2.24, 2.45) is 4.99 Å². The number of halogens is 1. The molecule has 0 saturated heterocycles. The van der Waals surface area contributed by atoms with Crippen molar-refractivity contribution in [3.05, 3.63) is 69.3 Å². The Morgan fingerprint density at radius 1 is 1.25 bits per heavy atom. The van der Waals surface area contributed by atoms with Gasteiger partial charge in [0.1, 0.15) is 5.75 Å². The highest BCUT2D eigenvalue weighted by Crippen LogP contribution is 2.23. The molecular formula is C21H18BrNO5. The molecule has 0 atom stereocenters. The van der Waals surface area contributed by atoms with Crippen LogP contribution in [-0.2, 0) is 19.1 Å². The summed E-state index contributed by atoms with van der Waals surface area (Å²) in [5, 5.41) is 0. The molecule has 0 fully saturated rings. The number of cyclic esters (lactones) is 1. The molecular weight excluding hydrogens is 426 g/mol. The molecule has 3 rings (SSSR count). The Bertz CT molecular complexity index is 981. The van der Waals surface area contributed by atoms with Crippen LogP contribution >= 0.6 is 15.9 Å². The minimum absolute atomic E-state index is 0.179. The van der Waals surface area contributed by atoms with Gasteiger partial charge in [0.2, 0.25) is 5.90 Å². The lowest BCUT2D eigenvalue weighted by Gasteiger charge is -2.06. The zero-order valence-electron chi connectivity index (χ0n) is 15.4. The highest BCUT2D eigenvalue weighted by atomic mass is 79.9. The van der Waals surface area contributed by atoms with Crippen molar-refractivity contribution < 1.29 is 23.8 Å². The second kappa shape index (κ2) is 8.84. The summed E-state index contributed by atoms with van der Waals surface area (Å²) in [6.07, 6.45) is 1.61. The number of hydrogen-bond acceptors (Lipinski definition) is 6.